The molecule has 0 spiro atoms. The highest BCUT2D eigenvalue weighted by Gasteiger charge is 2.27. The minimum atomic E-state index is 0.00984. The van der Waals surface area contributed by atoms with Crippen LogP contribution in [0.2, 0.25) is 0 Å². The summed E-state index contributed by atoms with van der Waals surface area (Å²) in [5, 5.41) is 6.43. The lowest BCUT2D eigenvalue weighted by molar-refractivity contribution is -0.125. The summed E-state index contributed by atoms with van der Waals surface area (Å²) < 4.78 is 5.38. The zero-order valence-electron chi connectivity index (χ0n) is 10.7. The van der Waals surface area contributed by atoms with Crippen molar-refractivity contribution in [2.24, 2.45) is 5.92 Å². The van der Waals surface area contributed by atoms with Gasteiger partial charge >= 0.3 is 0 Å². The quantitative estimate of drug-likeness (QED) is 0.775. The number of ether oxygens (including phenoxy) is 1. The molecule has 4 heteroatoms. The maximum atomic E-state index is 12.1. The molecule has 4 nitrogen and oxygen atoms in total. The summed E-state index contributed by atoms with van der Waals surface area (Å²) in [6.07, 6.45) is 5.47. The molecular weight excluding hydrogens is 216 g/mol. The maximum Gasteiger partial charge on any atom is 0.237 e. The van der Waals surface area contributed by atoms with Gasteiger partial charge in [-0.2, -0.15) is 0 Å². The van der Waals surface area contributed by atoms with E-state index in [0.29, 0.717) is 12.5 Å². The number of carbonyl (C=O) groups excluding carboxylic acids is 1. The third-order valence-corrected chi connectivity index (χ3v) is 3.91. The van der Waals surface area contributed by atoms with Gasteiger partial charge in [-0.15, -0.1) is 0 Å². The zero-order chi connectivity index (χ0) is 12.1. The Hall–Kier alpha value is -0.610. The van der Waals surface area contributed by atoms with Gasteiger partial charge in [-0.05, 0) is 38.1 Å². The summed E-state index contributed by atoms with van der Waals surface area (Å²) in [6.45, 7) is 4.69. The van der Waals surface area contributed by atoms with E-state index >= 15 is 0 Å². The molecule has 0 bridgehead atoms. The second-order valence-electron chi connectivity index (χ2n) is 5.23. The van der Waals surface area contributed by atoms with Crippen molar-refractivity contribution in [3.8, 4) is 0 Å². The molecule has 2 N–H and O–H groups in total. The average molecular weight is 240 g/mol. The summed E-state index contributed by atoms with van der Waals surface area (Å²) in [6, 6.07) is 0.232. The van der Waals surface area contributed by atoms with Crippen LogP contribution in [0.3, 0.4) is 0 Å². The van der Waals surface area contributed by atoms with Crippen molar-refractivity contribution in [1.82, 2.24) is 10.6 Å². The number of nitrogens with one attached hydrogen (secondary N) is 2. The minimum absolute atomic E-state index is 0.00984. The Bertz CT molecular complexity index is 252. The molecule has 1 amide bonds. The second kappa shape index (κ2) is 6.36. The number of carbonyl (C=O) groups is 1. The van der Waals surface area contributed by atoms with Crippen molar-refractivity contribution in [1.29, 1.82) is 0 Å². The summed E-state index contributed by atoms with van der Waals surface area (Å²) in [5.74, 6) is 0.869. The van der Waals surface area contributed by atoms with Gasteiger partial charge in [0.25, 0.3) is 0 Å². The van der Waals surface area contributed by atoms with Gasteiger partial charge in [0.1, 0.15) is 0 Å². The highest BCUT2D eigenvalue weighted by Crippen LogP contribution is 2.19. The van der Waals surface area contributed by atoms with Crippen LogP contribution < -0.4 is 10.6 Å². The van der Waals surface area contributed by atoms with Gasteiger partial charge in [-0.25, -0.2) is 0 Å². The first kappa shape index (κ1) is 12.8. The first-order chi connectivity index (χ1) is 8.29. The molecule has 98 valence electrons. The molecule has 0 radical (unpaired) electrons. The fourth-order valence-corrected chi connectivity index (χ4v) is 2.72. The monoisotopic (exact) mass is 240 g/mol. The Labute approximate surface area is 103 Å². The fraction of sp³-hybridized carbons (Fsp3) is 0.923. The lowest BCUT2D eigenvalue weighted by Crippen LogP contribution is -2.52. The third kappa shape index (κ3) is 3.68. The molecule has 2 aliphatic rings. The lowest BCUT2D eigenvalue weighted by atomic mass is 9.90. The molecular formula is C13H24N2O2. The summed E-state index contributed by atoms with van der Waals surface area (Å²) in [4.78, 5) is 12.1. The SMILES string of the molecule is CCC1CCNC(C(=O)NC2CCCOC2)C1. The van der Waals surface area contributed by atoms with Crippen molar-refractivity contribution in [3.63, 3.8) is 0 Å². The van der Waals surface area contributed by atoms with Gasteiger partial charge in [-0.3, -0.25) is 4.79 Å². The standard InChI is InChI=1S/C13H24N2O2/c1-2-10-5-6-14-12(8-10)13(16)15-11-4-3-7-17-9-11/h10-12,14H,2-9H2,1H3,(H,15,16). The number of amides is 1. The van der Waals surface area contributed by atoms with E-state index in [1.165, 1.54) is 12.8 Å². The van der Waals surface area contributed by atoms with Crippen LogP contribution in [0.4, 0.5) is 0 Å². The molecule has 2 rings (SSSR count). The second-order valence-corrected chi connectivity index (χ2v) is 5.23. The highest BCUT2D eigenvalue weighted by atomic mass is 16.5. The Morgan fingerprint density at radius 3 is 3.06 bits per heavy atom. The van der Waals surface area contributed by atoms with Crippen molar-refractivity contribution in [2.45, 2.75) is 51.1 Å². The average Bonchev–Trinajstić information content (AvgIpc) is 2.40. The van der Waals surface area contributed by atoms with Crippen LogP contribution in [-0.2, 0) is 9.53 Å². The molecule has 3 unspecified atom stereocenters. The molecule has 2 heterocycles. The first-order valence-corrected chi connectivity index (χ1v) is 6.91. The molecule has 17 heavy (non-hydrogen) atoms. The number of hydrogen-bond donors (Lipinski definition) is 2. The zero-order valence-corrected chi connectivity index (χ0v) is 10.7. The van der Waals surface area contributed by atoms with E-state index < -0.39 is 0 Å². The first-order valence-electron chi connectivity index (χ1n) is 6.91. The summed E-state index contributed by atoms with van der Waals surface area (Å²) in [7, 11) is 0. The molecule has 2 aliphatic heterocycles. The molecule has 0 saturated carbocycles. The van der Waals surface area contributed by atoms with Gasteiger partial charge in [0.05, 0.1) is 18.7 Å². The molecule has 0 aromatic rings. The van der Waals surface area contributed by atoms with Gasteiger partial charge in [0.2, 0.25) is 5.91 Å². The van der Waals surface area contributed by atoms with E-state index in [1.54, 1.807) is 0 Å². The Morgan fingerprint density at radius 1 is 1.47 bits per heavy atom. The predicted molar refractivity (Wildman–Crippen MR) is 66.8 cm³/mol. The van der Waals surface area contributed by atoms with Gasteiger partial charge in [-0.1, -0.05) is 13.3 Å². The molecule has 2 saturated heterocycles. The van der Waals surface area contributed by atoms with E-state index in [-0.39, 0.29) is 18.0 Å². The highest BCUT2D eigenvalue weighted by molar-refractivity contribution is 5.82. The minimum Gasteiger partial charge on any atom is -0.379 e. The van der Waals surface area contributed by atoms with Crippen molar-refractivity contribution >= 4 is 5.91 Å². The van der Waals surface area contributed by atoms with Gasteiger partial charge in [0.15, 0.2) is 0 Å². The van der Waals surface area contributed by atoms with E-state index in [2.05, 4.69) is 17.6 Å². The number of rotatable bonds is 3. The normalized spacial score (nSPS) is 34.3. The van der Waals surface area contributed by atoms with Crippen LogP contribution in [0.15, 0.2) is 0 Å². The smallest absolute Gasteiger partial charge is 0.237 e. The van der Waals surface area contributed by atoms with Crippen LogP contribution in [-0.4, -0.2) is 37.7 Å². The topological polar surface area (TPSA) is 50.4 Å². The Morgan fingerprint density at radius 2 is 2.35 bits per heavy atom. The van der Waals surface area contributed by atoms with E-state index in [1.807, 2.05) is 0 Å². The number of piperidine rings is 1. The van der Waals surface area contributed by atoms with Gasteiger partial charge < -0.3 is 15.4 Å². The fourth-order valence-electron chi connectivity index (χ4n) is 2.72. The van der Waals surface area contributed by atoms with Gasteiger partial charge in [0, 0.05) is 6.61 Å². The van der Waals surface area contributed by atoms with Crippen molar-refractivity contribution in [2.75, 3.05) is 19.8 Å². The largest absolute Gasteiger partial charge is 0.379 e. The predicted octanol–water partition coefficient (Wildman–Crippen LogP) is 1.06. The summed E-state index contributed by atoms with van der Waals surface area (Å²) in [5.41, 5.74) is 0. The number of hydrogen-bond acceptors (Lipinski definition) is 3. The van der Waals surface area contributed by atoms with E-state index in [9.17, 15) is 4.79 Å². The third-order valence-electron chi connectivity index (χ3n) is 3.91. The van der Waals surface area contributed by atoms with E-state index in [4.69, 9.17) is 4.74 Å². The summed E-state index contributed by atoms with van der Waals surface area (Å²) >= 11 is 0. The van der Waals surface area contributed by atoms with E-state index in [0.717, 1.165) is 32.4 Å². The van der Waals surface area contributed by atoms with Crippen LogP contribution >= 0.6 is 0 Å². The maximum absolute atomic E-state index is 12.1. The van der Waals surface area contributed by atoms with Crippen LogP contribution in [0.25, 0.3) is 0 Å². The van der Waals surface area contributed by atoms with Crippen molar-refractivity contribution in [3.05, 3.63) is 0 Å². The van der Waals surface area contributed by atoms with Crippen LogP contribution in [0, 0.1) is 5.92 Å². The lowest BCUT2D eigenvalue weighted by Gasteiger charge is -2.31. The molecule has 0 aromatic carbocycles. The Kier molecular flexibility index (Phi) is 4.80. The molecule has 0 aliphatic carbocycles. The molecule has 0 aromatic heterocycles. The molecule has 2 fully saturated rings. The van der Waals surface area contributed by atoms with Crippen molar-refractivity contribution < 1.29 is 9.53 Å². The molecule has 3 atom stereocenters. The van der Waals surface area contributed by atoms with Crippen LogP contribution in [0.5, 0.6) is 0 Å². The van der Waals surface area contributed by atoms with Crippen LogP contribution in [0.1, 0.15) is 39.0 Å². The Balaban J connectivity index is 1.78.